The summed E-state index contributed by atoms with van der Waals surface area (Å²) in [5.41, 5.74) is 2.87. The molecule has 1 atom stereocenters. The standard InChI is InChI=1S/C29H39ClN6O3.3ClH/c1-21(2)32-19-25(22-3-5-23(30)6-4-22)29(37)36-11-9-35(10-12-36)27-24-7-8-31-28(24)33-20-26(27)39-18-15-34-13-16-38-17-14-34;;;/h3-8,20-21,25,32H,9-19H2,1-2H3,(H,31,33);3*1H. The predicted molar refractivity (Wildman–Crippen MR) is 177 cm³/mol. The highest BCUT2D eigenvalue weighted by Gasteiger charge is 2.30. The molecule has 1 amide bonds. The van der Waals surface area contributed by atoms with E-state index in [1.54, 1.807) is 0 Å². The number of rotatable bonds is 10. The van der Waals surface area contributed by atoms with Gasteiger partial charge < -0.3 is 29.6 Å². The molecular formula is C29H42Cl4N6O3. The van der Waals surface area contributed by atoms with Crippen LogP contribution in [-0.2, 0) is 9.53 Å². The summed E-state index contributed by atoms with van der Waals surface area (Å²) in [7, 11) is 0. The molecule has 2 fully saturated rings. The van der Waals surface area contributed by atoms with Crippen LogP contribution in [0.3, 0.4) is 0 Å². The first-order chi connectivity index (χ1) is 19.0. The van der Waals surface area contributed by atoms with Gasteiger partial charge in [-0.3, -0.25) is 9.69 Å². The molecule has 0 saturated carbocycles. The molecule has 9 nitrogen and oxygen atoms in total. The topological polar surface area (TPSA) is 86.0 Å². The molecule has 4 heterocycles. The Balaban J connectivity index is 0.00000205. The lowest BCUT2D eigenvalue weighted by Crippen LogP contribution is -2.51. The zero-order valence-corrected chi connectivity index (χ0v) is 27.3. The highest BCUT2D eigenvalue weighted by molar-refractivity contribution is 6.30. The van der Waals surface area contributed by atoms with E-state index in [1.807, 2.05) is 41.6 Å². The molecule has 2 saturated heterocycles. The number of hydrogen-bond donors (Lipinski definition) is 2. The van der Waals surface area contributed by atoms with Crippen LogP contribution >= 0.6 is 48.8 Å². The predicted octanol–water partition coefficient (Wildman–Crippen LogP) is 4.62. The molecular weight excluding hydrogens is 622 g/mol. The number of piperazine rings is 1. The Morgan fingerprint density at radius 3 is 2.40 bits per heavy atom. The summed E-state index contributed by atoms with van der Waals surface area (Å²) in [5.74, 6) is 0.677. The molecule has 13 heteroatoms. The summed E-state index contributed by atoms with van der Waals surface area (Å²) in [4.78, 5) is 28.2. The van der Waals surface area contributed by atoms with Crippen LogP contribution in [0.4, 0.5) is 5.69 Å². The second kappa shape index (κ2) is 17.3. The average Bonchev–Trinajstić information content (AvgIpc) is 3.43. The number of hydrogen-bond acceptors (Lipinski definition) is 7. The van der Waals surface area contributed by atoms with Crippen molar-refractivity contribution in [2.24, 2.45) is 0 Å². The Kier molecular flexibility index (Phi) is 15.0. The largest absolute Gasteiger partial charge is 0.488 e. The van der Waals surface area contributed by atoms with Gasteiger partial charge in [-0.2, -0.15) is 0 Å². The fourth-order valence-corrected chi connectivity index (χ4v) is 5.41. The van der Waals surface area contributed by atoms with E-state index < -0.39 is 0 Å². The molecule has 2 N–H and O–H groups in total. The van der Waals surface area contributed by atoms with Gasteiger partial charge in [0.05, 0.1) is 31.0 Å². The number of aromatic nitrogens is 2. The van der Waals surface area contributed by atoms with Gasteiger partial charge in [0.25, 0.3) is 0 Å². The number of benzene rings is 1. The SMILES string of the molecule is CC(C)NCC(C(=O)N1CCN(c2c(OCCN3CCOCC3)cnc3[nH]ccc23)CC1)c1ccc(Cl)cc1.Cl.Cl.Cl. The summed E-state index contributed by atoms with van der Waals surface area (Å²) in [6.07, 6.45) is 3.73. The number of pyridine rings is 1. The second-order valence-electron chi connectivity index (χ2n) is 10.5. The fourth-order valence-electron chi connectivity index (χ4n) is 5.28. The molecule has 2 aromatic heterocycles. The maximum absolute atomic E-state index is 13.8. The normalized spacial score (nSPS) is 16.4. The maximum atomic E-state index is 13.8. The van der Waals surface area contributed by atoms with Crippen molar-refractivity contribution < 1.29 is 14.3 Å². The van der Waals surface area contributed by atoms with Crippen LogP contribution < -0.4 is 15.0 Å². The number of nitrogens with one attached hydrogen (secondary N) is 2. The number of ether oxygens (including phenoxy) is 2. The van der Waals surface area contributed by atoms with Crippen molar-refractivity contribution in [1.82, 2.24) is 25.1 Å². The number of nitrogens with zero attached hydrogens (tertiary/aromatic N) is 4. The summed E-state index contributed by atoms with van der Waals surface area (Å²) < 4.78 is 11.8. The van der Waals surface area contributed by atoms with E-state index in [0.717, 1.165) is 74.0 Å². The van der Waals surface area contributed by atoms with Crippen molar-refractivity contribution in [2.75, 3.05) is 77.1 Å². The number of carbonyl (C=O) groups is 1. The zero-order chi connectivity index (χ0) is 27.2. The lowest BCUT2D eigenvalue weighted by molar-refractivity contribution is -0.133. The number of H-pyrrole nitrogens is 1. The number of amides is 1. The van der Waals surface area contributed by atoms with Crippen LogP contribution in [0.1, 0.15) is 25.3 Å². The number of anilines is 1. The van der Waals surface area contributed by atoms with Gasteiger partial charge in [0, 0.05) is 75.0 Å². The van der Waals surface area contributed by atoms with E-state index in [9.17, 15) is 4.79 Å². The number of halogens is 4. The summed E-state index contributed by atoms with van der Waals surface area (Å²) in [5, 5.41) is 5.17. The monoisotopic (exact) mass is 662 g/mol. The lowest BCUT2D eigenvalue weighted by atomic mass is 9.96. The average molecular weight is 665 g/mol. The summed E-state index contributed by atoms with van der Waals surface area (Å²) >= 11 is 6.12. The number of aromatic amines is 1. The third kappa shape index (κ3) is 9.02. The minimum Gasteiger partial charge on any atom is -0.488 e. The molecule has 42 heavy (non-hydrogen) atoms. The fraction of sp³-hybridized carbons (Fsp3) is 0.517. The molecule has 1 unspecified atom stereocenters. The molecule has 1 aromatic carbocycles. The molecule has 3 aromatic rings. The van der Waals surface area contributed by atoms with Crippen molar-refractivity contribution in [1.29, 1.82) is 0 Å². The highest BCUT2D eigenvalue weighted by Crippen LogP contribution is 2.36. The molecule has 2 aliphatic heterocycles. The van der Waals surface area contributed by atoms with Gasteiger partial charge in [-0.25, -0.2) is 4.98 Å². The zero-order valence-electron chi connectivity index (χ0n) is 24.1. The minimum absolute atomic E-state index is 0. The molecule has 0 aliphatic carbocycles. The van der Waals surface area contributed by atoms with Crippen LogP contribution in [0.15, 0.2) is 42.7 Å². The van der Waals surface area contributed by atoms with Gasteiger partial charge >= 0.3 is 0 Å². The quantitative estimate of drug-likeness (QED) is 0.327. The van der Waals surface area contributed by atoms with Gasteiger partial charge in [-0.05, 0) is 23.8 Å². The first-order valence-electron chi connectivity index (χ1n) is 13.9. The molecule has 0 bridgehead atoms. The molecule has 0 radical (unpaired) electrons. The molecule has 0 spiro atoms. The van der Waals surface area contributed by atoms with E-state index in [2.05, 4.69) is 45.0 Å². The van der Waals surface area contributed by atoms with Gasteiger partial charge in [0.15, 0.2) is 5.75 Å². The van der Waals surface area contributed by atoms with E-state index in [4.69, 9.17) is 21.1 Å². The van der Waals surface area contributed by atoms with Gasteiger partial charge in [0.1, 0.15) is 12.3 Å². The van der Waals surface area contributed by atoms with Crippen molar-refractivity contribution in [2.45, 2.75) is 25.8 Å². The van der Waals surface area contributed by atoms with E-state index in [-0.39, 0.29) is 49.0 Å². The van der Waals surface area contributed by atoms with Crippen LogP contribution in [0.2, 0.25) is 5.02 Å². The second-order valence-corrected chi connectivity index (χ2v) is 10.9. The van der Waals surface area contributed by atoms with Crippen molar-refractivity contribution in [3.63, 3.8) is 0 Å². The van der Waals surface area contributed by atoms with Crippen LogP contribution in [0.25, 0.3) is 11.0 Å². The molecule has 234 valence electrons. The van der Waals surface area contributed by atoms with Crippen LogP contribution in [0.5, 0.6) is 5.75 Å². The molecule has 2 aliphatic rings. The van der Waals surface area contributed by atoms with Gasteiger partial charge in [-0.15, -0.1) is 37.2 Å². The van der Waals surface area contributed by atoms with Gasteiger partial charge in [-0.1, -0.05) is 37.6 Å². The van der Waals surface area contributed by atoms with Crippen LogP contribution in [-0.4, -0.2) is 104 Å². The van der Waals surface area contributed by atoms with Crippen molar-refractivity contribution in [3.05, 3.63) is 53.3 Å². The minimum atomic E-state index is -0.257. The van der Waals surface area contributed by atoms with Crippen LogP contribution in [0, 0.1) is 0 Å². The third-order valence-electron chi connectivity index (χ3n) is 7.50. The first kappa shape index (κ1) is 36.2. The van der Waals surface area contributed by atoms with E-state index in [1.165, 1.54) is 0 Å². The number of fused-ring (bicyclic) bond motifs is 1. The van der Waals surface area contributed by atoms with Crippen molar-refractivity contribution in [3.8, 4) is 5.75 Å². The summed E-state index contributed by atoms with van der Waals surface area (Å²) in [6, 6.07) is 9.99. The smallest absolute Gasteiger partial charge is 0.231 e. The summed E-state index contributed by atoms with van der Waals surface area (Å²) in [6.45, 7) is 12.4. The number of carbonyl (C=O) groups excluding carboxylic acids is 1. The first-order valence-corrected chi connectivity index (χ1v) is 14.3. The van der Waals surface area contributed by atoms with Gasteiger partial charge in [0.2, 0.25) is 5.91 Å². The Hall–Kier alpha value is -1.98. The van der Waals surface area contributed by atoms with E-state index >= 15 is 0 Å². The number of morpholine rings is 1. The maximum Gasteiger partial charge on any atom is 0.231 e. The Labute approximate surface area is 271 Å². The highest BCUT2D eigenvalue weighted by atomic mass is 35.5. The molecule has 5 rings (SSSR count). The van der Waals surface area contributed by atoms with Crippen molar-refractivity contribution >= 4 is 71.5 Å². The third-order valence-corrected chi connectivity index (χ3v) is 7.75. The lowest BCUT2D eigenvalue weighted by Gasteiger charge is -2.38. The Bertz CT molecular complexity index is 1230. The van der Waals surface area contributed by atoms with E-state index in [0.29, 0.717) is 37.3 Å². The Morgan fingerprint density at radius 2 is 1.74 bits per heavy atom. The Morgan fingerprint density at radius 1 is 1.05 bits per heavy atom.